The summed E-state index contributed by atoms with van der Waals surface area (Å²) >= 11 is 0. The molecule has 0 aliphatic rings. The van der Waals surface area contributed by atoms with Crippen LogP contribution in [0.3, 0.4) is 0 Å². The molecule has 5 nitrogen and oxygen atoms in total. The normalized spacial score (nSPS) is 11.4. The van der Waals surface area contributed by atoms with Gasteiger partial charge in [-0.2, -0.15) is 0 Å². The zero-order valence-corrected chi connectivity index (χ0v) is 11.7. The minimum atomic E-state index is -3.36. The van der Waals surface area contributed by atoms with Gasteiger partial charge in [0.2, 0.25) is 10.0 Å². The van der Waals surface area contributed by atoms with E-state index < -0.39 is 16.0 Å². The van der Waals surface area contributed by atoms with Crippen molar-refractivity contribution >= 4 is 16.0 Å². The SMILES string of the molecule is Cc1ccccc1CS(=O)(=O)NCCCCC(=O)O. The minimum Gasteiger partial charge on any atom is -0.481 e. The lowest BCUT2D eigenvalue weighted by Crippen LogP contribution is -2.26. The number of benzene rings is 1. The number of carboxylic acids is 1. The molecule has 0 bridgehead atoms. The lowest BCUT2D eigenvalue weighted by Gasteiger charge is -2.08. The Bertz CT molecular complexity index is 525. The third kappa shape index (κ3) is 6.35. The van der Waals surface area contributed by atoms with Crippen molar-refractivity contribution in [2.45, 2.75) is 31.9 Å². The van der Waals surface area contributed by atoms with Crippen LogP contribution in [0.4, 0.5) is 0 Å². The monoisotopic (exact) mass is 285 g/mol. The summed E-state index contributed by atoms with van der Waals surface area (Å²) in [5.41, 5.74) is 1.72. The highest BCUT2D eigenvalue weighted by Gasteiger charge is 2.12. The summed E-state index contributed by atoms with van der Waals surface area (Å²) < 4.78 is 26.1. The Kier molecular flexibility index (Phi) is 5.98. The van der Waals surface area contributed by atoms with E-state index in [4.69, 9.17) is 5.11 Å². The van der Waals surface area contributed by atoms with E-state index in [1.807, 2.05) is 25.1 Å². The lowest BCUT2D eigenvalue weighted by atomic mass is 10.1. The molecule has 0 aliphatic carbocycles. The Morgan fingerprint density at radius 1 is 1.26 bits per heavy atom. The molecular weight excluding hydrogens is 266 g/mol. The van der Waals surface area contributed by atoms with E-state index in [9.17, 15) is 13.2 Å². The molecule has 0 aromatic heterocycles. The molecule has 106 valence electrons. The third-order valence-electron chi connectivity index (χ3n) is 2.75. The van der Waals surface area contributed by atoms with Gasteiger partial charge in [0.15, 0.2) is 0 Å². The van der Waals surface area contributed by atoms with E-state index in [0.717, 1.165) is 11.1 Å². The predicted octanol–water partition coefficient (Wildman–Crippen LogP) is 1.67. The van der Waals surface area contributed by atoms with Crippen molar-refractivity contribution in [1.29, 1.82) is 0 Å². The van der Waals surface area contributed by atoms with Gasteiger partial charge in [0.1, 0.15) is 0 Å². The maximum atomic E-state index is 11.8. The van der Waals surface area contributed by atoms with Crippen molar-refractivity contribution in [3.8, 4) is 0 Å². The zero-order chi connectivity index (χ0) is 14.3. The summed E-state index contributed by atoms with van der Waals surface area (Å²) in [6, 6.07) is 7.34. The van der Waals surface area contributed by atoms with Crippen LogP contribution in [0.2, 0.25) is 0 Å². The highest BCUT2D eigenvalue weighted by atomic mass is 32.2. The van der Waals surface area contributed by atoms with E-state index in [-0.39, 0.29) is 18.7 Å². The van der Waals surface area contributed by atoms with Gasteiger partial charge >= 0.3 is 5.97 Å². The van der Waals surface area contributed by atoms with Crippen LogP contribution >= 0.6 is 0 Å². The molecule has 2 N–H and O–H groups in total. The Hall–Kier alpha value is -1.40. The standard InChI is InChI=1S/C13H19NO4S/c1-11-6-2-3-7-12(11)10-19(17,18)14-9-5-4-8-13(15)16/h2-3,6-7,14H,4-5,8-10H2,1H3,(H,15,16). The molecular formula is C13H19NO4S. The first-order valence-electron chi connectivity index (χ1n) is 6.14. The van der Waals surface area contributed by atoms with Gasteiger partial charge < -0.3 is 5.11 Å². The van der Waals surface area contributed by atoms with Crippen LogP contribution in [-0.2, 0) is 20.6 Å². The summed E-state index contributed by atoms with van der Waals surface area (Å²) in [6.07, 6.45) is 1.07. The molecule has 0 radical (unpaired) electrons. The second kappa shape index (κ2) is 7.25. The van der Waals surface area contributed by atoms with Gasteiger partial charge in [-0.05, 0) is 30.9 Å². The van der Waals surface area contributed by atoms with Crippen molar-refractivity contribution < 1.29 is 18.3 Å². The number of carbonyl (C=O) groups is 1. The van der Waals surface area contributed by atoms with Gasteiger partial charge in [-0.1, -0.05) is 24.3 Å². The number of carboxylic acid groups (broad SMARTS) is 1. The predicted molar refractivity (Wildman–Crippen MR) is 73.3 cm³/mol. The Labute approximate surface area is 113 Å². The third-order valence-corrected chi connectivity index (χ3v) is 4.08. The molecule has 19 heavy (non-hydrogen) atoms. The fourth-order valence-corrected chi connectivity index (χ4v) is 2.95. The zero-order valence-electron chi connectivity index (χ0n) is 10.9. The quantitative estimate of drug-likeness (QED) is 0.712. The minimum absolute atomic E-state index is 0.0431. The summed E-state index contributed by atoms with van der Waals surface area (Å²) in [5.74, 6) is -0.902. The van der Waals surface area contributed by atoms with E-state index in [0.29, 0.717) is 12.8 Å². The van der Waals surface area contributed by atoms with E-state index in [1.54, 1.807) is 6.07 Å². The highest BCUT2D eigenvalue weighted by Crippen LogP contribution is 2.10. The Balaban J connectivity index is 2.40. The maximum absolute atomic E-state index is 11.8. The number of nitrogens with one attached hydrogen (secondary N) is 1. The largest absolute Gasteiger partial charge is 0.481 e. The average molecular weight is 285 g/mol. The average Bonchev–Trinajstić information content (AvgIpc) is 2.31. The number of unbranched alkanes of at least 4 members (excludes halogenated alkanes) is 1. The lowest BCUT2D eigenvalue weighted by molar-refractivity contribution is -0.137. The molecule has 0 fully saturated rings. The molecule has 0 spiro atoms. The van der Waals surface area contributed by atoms with Crippen molar-refractivity contribution in [1.82, 2.24) is 4.72 Å². The molecule has 0 unspecified atom stereocenters. The van der Waals surface area contributed by atoms with Crippen LogP contribution in [0.5, 0.6) is 0 Å². The molecule has 1 aromatic rings. The second-order valence-electron chi connectivity index (χ2n) is 4.43. The van der Waals surface area contributed by atoms with Crippen LogP contribution in [0.25, 0.3) is 0 Å². The van der Waals surface area contributed by atoms with Crippen molar-refractivity contribution in [3.05, 3.63) is 35.4 Å². The van der Waals surface area contributed by atoms with E-state index in [1.165, 1.54) is 0 Å². The topological polar surface area (TPSA) is 83.5 Å². The van der Waals surface area contributed by atoms with Gasteiger partial charge in [-0.15, -0.1) is 0 Å². The molecule has 0 atom stereocenters. The van der Waals surface area contributed by atoms with Crippen molar-refractivity contribution in [3.63, 3.8) is 0 Å². The van der Waals surface area contributed by atoms with Gasteiger partial charge in [-0.3, -0.25) is 4.79 Å². The first-order chi connectivity index (χ1) is 8.91. The van der Waals surface area contributed by atoms with Gasteiger partial charge in [-0.25, -0.2) is 13.1 Å². The van der Waals surface area contributed by atoms with Gasteiger partial charge in [0, 0.05) is 13.0 Å². The van der Waals surface area contributed by atoms with Gasteiger partial charge in [0.05, 0.1) is 5.75 Å². The summed E-state index contributed by atoms with van der Waals surface area (Å²) in [5, 5.41) is 8.46. The maximum Gasteiger partial charge on any atom is 0.303 e. The van der Waals surface area contributed by atoms with Crippen molar-refractivity contribution in [2.24, 2.45) is 0 Å². The van der Waals surface area contributed by atoms with E-state index in [2.05, 4.69) is 4.72 Å². The number of sulfonamides is 1. The molecule has 1 aromatic carbocycles. The molecule has 0 aliphatic heterocycles. The fourth-order valence-electron chi connectivity index (χ4n) is 1.66. The second-order valence-corrected chi connectivity index (χ2v) is 6.24. The summed E-state index contributed by atoms with van der Waals surface area (Å²) in [7, 11) is -3.36. The fraction of sp³-hybridized carbons (Fsp3) is 0.462. The van der Waals surface area contributed by atoms with Crippen LogP contribution in [-0.4, -0.2) is 26.0 Å². The number of rotatable bonds is 8. The summed E-state index contributed by atoms with van der Waals surface area (Å²) in [6.45, 7) is 2.15. The molecule has 0 heterocycles. The molecule has 1 rings (SSSR count). The summed E-state index contributed by atoms with van der Waals surface area (Å²) in [4.78, 5) is 10.3. The number of hydrogen-bond donors (Lipinski definition) is 2. The van der Waals surface area contributed by atoms with Crippen LogP contribution < -0.4 is 4.72 Å². The Morgan fingerprint density at radius 2 is 1.95 bits per heavy atom. The first-order valence-corrected chi connectivity index (χ1v) is 7.79. The molecule has 0 saturated carbocycles. The highest BCUT2D eigenvalue weighted by molar-refractivity contribution is 7.88. The molecule has 0 saturated heterocycles. The van der Waals surface area contributed by atoms with E-state index >= 15 is 0 Å². The van der Waals surface area contributed by atoms with Crippen LogP contribution in [0.15, 0.2) is 24.3 Å². The number of aliphatic carboxylic acids is 1. The number of hydrogen-bond acceptors (Lipinski definition) is 3. The molecule has 6 heteroatoms. The van der Waals surface area contributed by atoms with Crippen LogP contribution in [0, 0.1) is 6.92 Å². The smallest absolute Gasteiger partial charge is 0.303 e. The van der Waals surface area contributed by atoms with Crippen LogP contribution in [0.1, 0.15) is 30.4 Å². The first kappa shape index (κ1) is 15.7. The Morgan fingerprint density at radius 3 is 2.58 bits per heavy atom. The van der Waals surface area contributed by atoms with Gasteiger partial charge in [0.25, 0.3) is 0 Å². The van der Waals surface area contributed by atoms with Crippen molar-refractivity contribution in [2.75, 3.05) is 6.54 Å². The molecule has 0 amide bonds. The number of aryl methyl sites for hydroxylation is 1.